The first-order valence-corrected chi connectivity index (χ1v) is 9.47. The summed E-state index contributed by atoms with van der Waals surface area (Å²) in [7, 11) is 3.47. The molecule has 0 radical (unpaired) electrons. The van der Waals surface area contributed by atoms with Crippen molar-refractivity contribution in [3.8, 4) is 0 Å². The van der Waals surface area contributed by atoms with Gasteiger partial charge >= 0.3 is 0 Å². The number of para-hydroxylation sites is 1. The van der Waals surface area contributed by atoms with E-state index in [1.54, 1.807) is 19.0 Å². The molecule has 7 heteroatoms. The Morgan fingerprint density at radius 2 is 2.00 bits per heavy atom. The van der Waals surface area contributed by atoms with Crippen LogP contribution in [0.2, 0.25) is 0 Å². The number of carbonyl (C=O) groups excluding carboxylic acids is 1. The third-order valence-electron chi connectivity index (χ3n) is 4.19. The van der Waals surface area contributed by atoms with Gasteiger partial charge < -0.3 is 25.3 Å². The van der Waals surface area contributed by atoms with E-state index in [4.69, 9.17) is 4.74 Å². The highest BCUT2D eigenvalue weighted by atomic mass is 16.5. The van der Waals surface area contributed by atoms with Crippen LogP contribution in [0.3, 0.4) is 0 Å². The van der Waals surface area contributed by atoms with E-state index in [0.29, 0.717) is 12.6 Å². The highest BCUT2D eigenvalue weighted by Gasteiger charge is 2.06. The number of aliphatic imine (C=N–C) groups is 1. The smallest absolute Gasteiger partial charge is 0.243 e. The number of nitrogens with one attached hydrogen (secondary N) is 3. The number of aromatic amines is 1. The van der Waals surface area contributed by atoms with Crippen LogP contribution in [-0.2, 0) is 16.0 Å². The molecule has 0 aliphatic carbocycles. The zero-order valence-corrected chi connectivity index (χ0v) is 16.5. The summed E-state index contributed by atoms with van der Waals surface area (Å²) in [6.07, 6.45) is 3.80. The summed E-state index contributed by atoms with van der Waals surface area (Å²) in [5.74, 6) is 0.628. The van der Waals surface area contributed by atoms with E-state index in [2.05, 4.69) is 32.7 Å². The van der Waals surface area contributed by atoms with Crippen LogP contribution >= 0.6 is 0 Å². The molecule has 3 N–H and O–H groups in total. The minimum atomic E-state index is -0.0259. The molecule has 1 aromatic heterocycles. The SMILES string of the molecule is CCOCCCNC(=NCC(=O)N(C)C)NCCc1c[nH]c2ccccc12. The standard InChI is InChI=1S/C20H31N5O2/c1-4-27-13-7-11-21-20(24-15-19(26)25(2)3)22-12-10-16-14-23-18-9-6-5-8-17(16)18/h5-6,8-9,14,23H,4,7,10-13,15H2,1-3H3,(H2,21,22,24). The van der Waals surface area contributed by atoms with Gasteiger partial charge in [0.05, 0.1) is 0 Å². The Morgan fingerprint density at radius 3 is 2.78 bits per heavy atom. The summed E-state index contributed by atoms with van der Waals surface area (Å²) < 4.78 is 5.35. The fraction of sp³-hybridized carbons (Fsp3) is 0.500. The average Bonchev–Trinajstić information content (AvgIpc) is 3.08. The number of benzene rings is 1. The maximum atomic E-state index is 11.8. The van der Waals surface area contributed by atoms with E-state index in [1.165, 1.54) is 10.9 Å². The fourth-order valence-electron chi connectivity index (χ4n) is 2.64. The van der Waals surface area contributed by atoms with Crippen LogP contribution in [0.15, 0.2) is 35.5 Å². The van der Waals surface area contributed by atoms with Crippen LogP contribution in [0.4, 0.5) is 0 Å². The van der Waals surface area contributed by atoms with Gasteiger partial charge in [-0.15, -0.1) is 0 Å². The van der Waals surface area contributed by atoms with Crippen LogP contribution in [0.5, 0.6) is 0 Å². The molecule has 0 aliphatic heterocycles. The fourth-order valence-corrected chi connectivity index (χ4v) is 2.64. The average molecular weight is 374 g/mol. The highest BCUT2D eigenvalue weighted by Crippen LogP contribution is 2.17. The monoisotopic (exact) mass is 373 g/mol. The van der Waals surface area contributed by atoms with Crippen molar-refractivity contribution in [1.82, 2.24) is 20.5 Å². The second-order valence-electron chi connectivity index (χ2n) is 6.47. The van der Waals surface area contributed by atoms with E-state index in [9.17, 15) is 4.79 Å². The number of hydrogen-bond donors (Lipinski definition) is 3. The molecule has 27 heavy (non-hydrogen) atoms. The van der Waals surface area contributed by atoms with Gasteiger partial charge in [0.15, 0.2) is 5.96 Å². The molecule has 0 unspecified atom stereocenters. The number of hydrogen-bond acceptors (Lipinski definition) is 3. The number of fused-ring (bicyclic) bond motifs is 1. The van der Waals surface area contributed by atoms with Gasteiger partial charge in [-0.25, -0.2) is 4.99 Å². The lowest BCUT2D eigenvalue weighted by Crippen LogP contribution is -2.40. The number of aromatic nitrogens is 1. The predicted octanol–water partition coefficient (Wildman–Crippen LogP) is 1.76. The maximum Gasteiger partial charge on any atom is 0.243 e. The zero-order valence-electron chi connectivity index (χ0n) is 16.5. The van der Waals surface area contributed by atoms with Gasteiger partial charge in [0.25, 0.3) is 0 Å². The van der Waals surface area contributed by atoms with Crippen LogP contribution in [0, 0.1) is 0 Å². The summed E-state index contributed by atoms with van der Waals surface area (Å²) >= 11 is 0. The summed E-state index contributed by atoms with van der Waals surface area (Å²) in [4.78, 5) is 21.0. The number of likely N-dealkylation sites (N-methyl/N-ethyl adjacent to an activating group) is 1. The number of guanidine groups is 1. The molecular weight excluding hydrogens is 342 g/mol. The second kappa shape index (κ2) is 11.2. The van der Waals surface area contributed by atoms with E-state index in [-0.39, 0.29) is 12.5 Å². The molecule has 0 saturated heterocycles. The molecular formula is C20H31N5O2. The molecule has 1 aromatic carbocycles. The molecule has 0 bridgehead atoms. The van der Waals surface area contributed by atoms with E-state index < -0.39 is 0 Å². The van der Waals surface area contributed by atoms with E-state index in [0.717, 1.165) is 38.1 Å². The lowest BCUT2D eigenvalue weighted by molar-refractivity contribution is -0.127. The first kappa shape index (κ1) is 20.8. The Hall–Kier alpha value is -2.54. The molecule has 7 nitrogen and oxygen atoms in total. The summed E-state index contributed by atoms with van der Waals surface area (Å²) in [6.45, 7) is 5.02. The number of ether oxygens (including phenoxy) is 1. The third-order valence-corrected chi connectivity index (χ3v) is 4.19. The molecule has 2 rings (SSSR count). The molecule has 2 aromatic rings. The number of carbonyl (C=O) groups is 1. The third kappa shape index (κ3) is 6.94. The number of nitrogens with zero attached hydrogens (tertiary/aromatic N) is 2. The van der Waals surface area contributed by atoms with Crippen molar-refractivity contribution in [2.45, 2.75) is 19.8 Å². The minimum Gasteiger partial charge on any atom is -0.382 e. The summed E-state index contributed by atoms with van der Waals surface area (Å²) in [5, 5.41) is 7.83. The second-order valence-corrected chi connectivity index (χ2v) is 6.47. The Kier molecular flexibility index (Phi) is 8.64. The molecule has 1 amide bonds. The molecule has 1 heterocycles. The summed E-state index contributed by atoms with van der Waals surface area (Å²) in [6, 6.07) is 8.27. The van der Waals surface area contributed by atoms with Crippen molar-refractivity contribution < 1.29 is 9.53 Å². The quantitative estimate of drug-likeness (QED) is 0.337. The first-order chi connectivity index (χ1) is 13.1. The largest absolute Gasteiger partial charge is 0.382 e. The normalized spacial score (nSPS) is 11.6. The lowest BCUT2D eigenvalue weighted by Gasteiger charge is -2.14. The molecule has 0 saturated carbocycles. The van der Waals surface area contributed by atoms with Gasteiger partial charge in [-0.2, -0.15) is 0 Å². The van der Waals surface area contributed by atoms with Crippen LogP contribution < -0.4 is 10.6 Å². The summed E-state index contributed by atoms with van der Waals surface area (Å²) in [5.41, 5.74) is 2.41. The van der Waals surface area contributed by atoms with E-state index >= 15 is 0 Å². The Bertz CT molecular complexity index is 739. The Balaban J connectivity index is 1.87. The Labute approximate surface area is 161 Å². The number of amides is 1. The zero-order chi connectivity index (χ0) is 19.5. The van der Waals surface area contributed by atoms with Crippen molar-refractivity contribution in [3.05, 3.63) is 36.0 Å². The number of H-pyrrole nitrogens is 1. The van der Waals surface area contributed by atoms with Crippen LogP contribution in [-0.4, -0.2) is 68.7 Å². The number of rotatable bonds is 10. The molecule has 148 valence electrons. The van der Waals surface area contributed by atoms with Crippen molar-refractivity contribution in [3.63, 3.8) is 0 Å². The van der Waals surface area contributed by atoms with Crippen molar-refractivity contribution in [2.24, 2.45) is 4.99 Å². The van der Waals surface area contributed by atoms with E-state index in [1.807, 2.05) is 25.3 Å². The topological polar surface area (TPSA) is 81.8 Å². The predicted molar refractivity (Wildman–Crippen MR) is 110 cm³/mol. The van der Waals surface area contributed by atoms with Gasteiger partial charge in [-0.1, -0.05) is 18.2 Å². The van der Waals surface area contributed by atoms with Gasteiger partial charge in [0.1, 0.15) is 6.54 Å². The van der Waals surface area contributed by atoms with Crippen molar-refractivity contribution >= 4 is 22.8 Å². The van der Waals surface area contributed by atoms with Gasteiger partial charge in [0.2, 0.25) is 5.91 Å². The van der Waals surface area contributed by atoms with Gasteiger partial charge in [-0.05, 0) is 31.4 Å². The van der Waals surface area contributed by atoms with Crippen LogP contribution in [0.25, 0.3) is 10.9 Å². The van der Waals surface area contributed by atoms with Crippen LogP contribution in [0.1, 0.15) is 18.9 Å². The Morgan fingerprint density at radius 1 is 1.22 bits per heavy atom. The van der Waals surface area contributed by atoms with Crippen molar-refractivity contribution in [1.29, 1.82) is 0 Å². The highest BCUT2D eigenvalue weighted by molar-refractivity contribution is 5.85. The lowest BCUT2D eigenvalue weighted by atomic mass is 10.1. The van der Waals surface area contributed by atoms with Gasteiger partial charge in [-0.3, -0.25) is 4.79 Å². The molecule has 0 spiro atoms. The minimum absolute atomic E-state index is 0.0259. The molecule has 0 aliphatic rings. The van der Waals surface area contributed by atoms with Crippen molar-refractivity contribution in [2.75, 3.05) is 46.9 Å². The van der Waals surface area contributed by atoms with Gasteiger partial charge in [0, 0.05) is 57.5 Å². The maximum absolute atomic E-state index is 11.8. The molecule has 0 fully saturated rings. The molecule has 0 atom stereocenters. The first-order valence-electron chi connectivity index (χ1n) is 9.47.